The van der Waals surface area contributed by atoms with Crippen molar-refractivity contribution < 1.29 is 13.9 Å². The van der Waals surface area contributed by atoms with E-state index < -0.39 is 5.97 Å². The number of thiazole rings is 1. The van der Waals surface area contributed by atoms with E-state index >= 15 is 0 Å². The number of halogens is 1. The summed E-state index contributed by atoms with van der Waals surface area (Å²) in [5, 5.41) is 1.59. The molecule has 0 bridgehead atoms. The van der Waals surface area contributed by atoms with Crippen molar-refractivity contribution in [3.8, 4) is 5.75 Å². The van der Waals surface area contributed by atoms with Crippen LogP contribution in [0.15, 0.2) is 35.2 Å². The van der Waals surface area contributed by atoms with Gasteiger partial charge in [0.05, 0.1) is 5.51 Å². The number of carbonyl (C=O) groups is 1. The Hall–Kier alpha value is -1.75. The van der Waals surface area contributed by atoms with Crippen LogP contribution in [0.25, 0.3) is 0 Å². The van der Waals surface area contributed by atoms with Gasteiger partial charge >= 0.3 is 5.97 Å². The minimum Gasteiger partial charge on any atom is -0.422 e. The maximum absolute atomic E-state index is 12.5. The minimum absolute atomic E-state index is 0.254. The molecule has 0 fully saturated rings. The number of ether oxygens (including phenoxy) is 1. The van der Waals surface area contributed by atoms with E-state index in [1.165, 1.54) is 35.6 Å². The molecule has 0 atom stereocenters. The van der Waals surface area contributed by atoms with Crippen LogP contribution >= 0.6 is 11.3 Å². The normalized spacial score (nSPS) is 9.93. The third-order valence-corrected chi connectivity index (χ3v) is 2.25. The van der Waals surface area contributed by atoms with Crippen LogP contribution in [0.2, 0.25) is 0 Å². The van der Waals surface area contributed by atoms with Crippen molar-refractivity contribution >= 4 is 17.3 Å². The number of rotatable bonds is 2. The molecule has 1 aromatic carbocycles. The first-order chi connectivity index (χ1) is 7.25. The Bertz CT molecular complexity index is 453. The number of esters is 1. The van der Waals surface area contributed by atoms with Crippen LogP contribution < -0.4 is 4.74 Å². The lowest BCUT2D eigenvalue weighted by molar-refractivity contribution is 0.0729. The zero-order chi connectivity index (χ0) is 10.7. The molecule has 2 aromatic rings. The van der Waals surface area contributed by atoms with Gasteiger partial charge in [0.25, 0.3) is 0 Å². The summed E-state index contributed by atoms with van der Waals surface area (Å²) in [6, 6.07) is 5.23. The van der Waals surface area contributed by atoms with Gasteiger partial charge < -0.3 is 4.74 Å². The highest BCUT2D eigenvalue weighted by atomic mass is 32.1. The summed E-state index contributed by atoms with van der Waals surface area (Å²) in [4.78, 5) is 15.2. The van der Waals surface area contributed by atoms with Crippen LogP contribution in [0.1, 0.15) is 10.5 Å². The molecule has 0 aliphatic rings. The number of nitrogens with zero attached hydrogens (tertiary/aromatic N) is 1. The molecule has 0 N–H and O–H groups in total. The van der Waals surface area contributed by atoms with Crippen LogP contribution in [-0.2, 0) is 0 Å². The Kier molecular flexibility index (Phi) is 2.73. The zero-order valence-corrected chi connectivity index (χ0v) is 8.33. The first-order valence-corrected chi connectivity index (χ1v) is 5.06. The van der Waals surface area contributed by atoms with Gasteiger partial charge in [-0.25, -0.2) is 14.2 Å². The van der Waals surface area contributed by atoms with E-state index in [0.29, 0.717) is 5.75 Å². The van der Waals surface area contributed by atoms with Crippen molar-refractivity contribution in [2.45, 2.75) is 0 Å². The molecule has 0 aliphatic carbocycles. The number of hydrogen-bond acceptors (Lipinski definition) is 4. The predicted octanol–water partition coefficient (Wildman–Crippen LogP) is 2.50. The summed E-state index contributed by atoms with van der Waals surface area (Å²) in [6.07, 6.45) is 0. The second-order valence-corrected chi connectivity index (χ2v) is 3.44. The fourth-order valence-electron chi connectivity index (χ4n) is 0.975. The second kappa shape index (κ2) is 4.18. The fourth-order valence-corrected chi connectivity index (χ4v) is 1.50. The molecular formula is C10H6FNO2S. The quantitative estimate of drug-likeness (QED) is 0.580. The van der Waals surface area contributed by atoms with Crippen molar-refractivity contribution in [2.75, 3.05) is 0 Å². The Labute approximate surface area is 89.2 Å². The van der Waals surface area contributed by atoms with E-state index in [9.17, 15) is 9.18 Å². The summed E-state index contributed by atoms with van der Waals surface area (Å²) in [7, 11) is 0. The summed E-state index contributed by atoms with van der Waals surface area (Å²) >= 11 is 1.31. The standard InChI is InChI=1S/C10H6FNO2S/c11-7-1-3-8(4-2-7)14-10(13)9-5-15-6-12-9/h1-6H. The average Bonchev–Trinajstić information content (AvgIpc) is 2.74. The second-order valence-electron chi connectivity index (χ2n) is 2.72. The smallest absolute Gasteiger partial charge is 0.363 e. The topological polar surface area (TPSA) is 39.2 Å². The summed E-state index contributed by atoms with van der Waals surface area (Å²) in [6.45, 7) is 0. The van der Waals surface area contributed by atoms with Crippen molar-refractivity contribution in [1.82, 2.24) is 4.98 Å². The van der Waals surface area contributed by atoms with E-state index in [-0.39, 0.29) is 11.5 Å². The molecule has 3 nitrogen and oxygen atoms in total. The van der Waals surface area contributed by atoms with E-state index in [1.807, 2.05) is 0 Å². The van der Waals surface area contributed by atoms with Gasteiger partial charge in [0.1, 0.15) is 11.6 Å². The van der Waals surface area contributed by atoms with Crippen molar-refractivity contribution in [1.29, 1.82) is 0 Å². The Morgan fingerprint density at radius 1 is 1.33 bits per heavy atom. The van der Waals surface area contributed by atoms with Gasteiger partial charge in [-0.2, -0.15) is 0 Å². The molecular weight excluding hydrogens is 217 g/mol. The van der Waals surface area contributed by atoms with E-state index in [0.717, 1.165) is 0 Å². The predicted molar refractivity (Wildman–Crippen MR) is 53.5 cm³/mol. The molecule has 2 rings (SSSR count). The summed E-state index contributed by atoms with van der Waals surface area (Å²) in [5.41, 5.74) is 1.80. The van der Waals surface area contributed by atoms with Gasteiger partial charge in [0, 0.05) is 5.38 Å². The highest BCUT2D eigenvalue weighted by Gasteiger charge is 2.09. The van der Waals surface area contributed by atoms with E-state index in [4.69, 9.17) is 4.74 Å². The van der Waals surface area contributed by atoms with E-state index in [2.05, 4.69) is 4.98 Å². The molecule has 0 amide bonds. The Morgan fingerprint density at radius 3 is 2.67 bits per heavy atom. The third kappa shape index (κ3) is 2.38. The van der Waals surface area contributed by atoms with E-state index in [1.54, 1.807) is 10.9 Å². The maximum Gasteiger partial charge on any atom is 0.363 e. The van der Waals surface area contributed by atoms with Gasteiger partial charge in [-0.3, -0.25) is 0 Å². The monoisotopic (exact) mass is 223 g/mol. The van der Waals surface area contributed by atoms with Crippen molar-refractivity contribution in [3.05, 3.63) is 46.7 Å². The zero-order valence-electron chi connectivity index (χ0n) is 7.51. The molecule has 0 unspecified atom stereocenters. The molecule has 0 aliphatic heterocycles. The Balaban J connectivity index is 2.09. The third-order valence-electron chi connectivity index (χ3n) is 1.67. The lowest BCUT2D eigenvalue weighted by Crippen LogP contribution is -2.08. The SMILES string of the molecule is O=C(Oc1ccc(F)cc1)c1cscn1. The van der Waals surface area contributed by atoms with Crippen LogP contribution in [0.3, 0.4) is 0 Å². The average molecular weight is 223 g/mol. The lowest BCUT2D eigenvalue weighted by Gasteiger charge is -2.00. The molecule has 0 spiro atoms. The minimum atomic E-state index is -0.539. The van der Waals surface area contributed by atoms with Crippen LogP contribution in [-0.4, -0.2) is 11.0 Å². The summed E-state index contributed by atoms with van der Waals surface area (Å²) in [5.74, 6) is -0.610. The molecule has 0 saturated carbocycles. The molecule has 15 heavy (non-hydrogen) atoms. The first-order valence-electron chi connectivity index (χ1n) is 4.11. The largest absolute Gasteiger partial charge is 0.422 e. The van der Waals surface area contributed by atoms with Gasteiger partial charge in [-0.15, -0.1) is 11.3 Å². The van der Waals surface area contributed by atoms with Crippen molar-refractivity contribution in [2.24, 2.45) is 0 Å². The van der Waals surface area contributed by atoms with Gasteiger partial charge in [0.15, 0.2) is 5.69 Å². The first kappa shape index (κ1) is 9.79. The van der Waals surface area contributed by atoms with Crippen LogP contribution in [0.4, 0.5) is 4.39 Å². The van der Waals surface area contributed by atoms with Gasteiger partial charge in [0.2, 0.25) is 0 Å². The maximum atomic E-state index is 12.5. The molecule has 5 heteroatoms. The van der Waals surface area contributed by atoms with Gasteiger partial charge in [-0.05, 0) is 24.3 Å². The molecule has 0 saturated heterocycles. The Morgan fingerprint density at radius 2 is 2.07 bits per heavy atom. The van der Waals surface area contributed by atoms with Crippen LogP contribution in [0, 0.1) is 5.82 Å². The molecule has 76 valence electrons. The van der Waals surface area contributed by atoms with Crippen molar-refractivity contribution in [3.63, 3.8) is 0 Å². The number of carbonyl (C=O) groups excluding carboxylic acids is 1. The lowest BCUT2D eigenvalue weighted by atomic mass is 10.3. The number of hydrogen-bond donors (Lipinski definition) is 0. The fraction of sp³-hybridized carbons (Fsp3) is 0. The van der Waals surface area contributed by atoms with Crippen LogP contribution in [0.5, 0.6) is 5.75 Å². The molecule has 0 radical (unpaired) electrons. The van der Waals surface area contributed by atoms with Gasteiger partial charge in [-0.1, -0.05) is 0 Å². The number of benzene rings is 1. The molecule has 1 heterocycles. The highest BCUT2D eigenvalue weighted by molar-refractivity contribution is 7.07. The highest BCUT2D eigenvalue weighted by Crippen LogP contribution is 2.13. The molecule has 1 aromatic heterocycles. The summed E-state index contributed by atoms with van der Waals surface area (Å²) < 4.78 is 17.5. The number of aromatic nitrogens is 1.